The molecule has 0 bridgehead atoms. The van der Waals surface area contributed by atoms with Crippen molar-refractivity contribution < 1.29 is 23.2 Å². The number of fused-ring (bicyclic) bond motifs is 1. The molecule has 1 aromatic carbocycles. The number of phenolic OH excluding ortho intramolecular Hbond substituents is 1. The third-order valence-corrected chi connectivity index (χ3v) is 5.33. The number of rotatable bonds is 2. The summed E-state index contributed by atoms with van der Waals surface area (Å²) in [7, 11) is -3.28. The van der Waals surface area contributed by atoms with Crippen LogP contribution in [0.3, 0.4) is 0 Å². The van der Waals surface area contributed by atoms with Gasteiger partial charge in [-0.05, 0) is 6.07 Å². The Morgan fingerprint density at radius 1 is 1.38 bits per heavy atom. The van der Waals surface area contributed by atoms with Gasteiger partial charge in [0.25, 0.3) is 5.69 Å². The molecule has 0 unspecified atom stereocenters. The summed E-state index contributed by atoms with van der Waals surface area (Å²) in [4.78, 5) is 23.2. The third kappa shape index (κ3) is 2.17. The number of benzene rings is 1. The van der Waals surface area contributed by atoms with Gasteiger partial charge in [0.1, 0.15) is 5.75 Å². The molecule has 112 valence electrons. The Bertz CT molecular complexity index is 746. The fourth-order valence-electron chi connectivity index (χ4n) is 2.71. The Labute approximate surface area is 119 Å². The summed E-state index contributed by atoms with van der Waals surface area (Å²) in [6.45, 7) is 0. The van der Waals surface area contributed by atoms with Gasteiger partial charge in [-0.1, -0.05) is 0 Å². The molecule has 2 fully saturated rings. The average molecular weight is 313 g/mol. The number of carbonyl (C=O) groups excluding carboxylic acids is 1. The summed E-state index contributed by atoms with van der Waals surface area (Å²) in [6.07, 6.45) is 0. The number of nitro benzene ring substituents is 1. The predicted molar refractivity (Wildman–Crippen MR) is 72.0 cm³/mol. The Hall–Kier alpha value is -2.36. The van der Waals surface area contributed by atoms with E-state index in [1.165, 1.54) is 0 Å². The Balaban J connectivity index is 2.05. The number of carbonyl (C=O) groups is 1. The summed E-state index contributed by atoms with van der Waals surface area (Å²) in [5.74, 6) is -0.727. The maximum absolute atomic E-state index is 12.0. The number of hydrogen-bond acceptors (Lipinski definition) is 6. The summed E-state index contributed by atoms with van der Waals surface area (Å²) in [6, 6.07) is 1.46. The van der Waals surface area contributed by atoms with Crippen LogP contribution in [0.5, 0.6) is 5.75 Å². The first-order valence-electron chi connectivity index (χ1n) is 6.06. The van der Waals surface area contributed by atoms with E-state index in [4.69, 9.17) is 0 Å². The van der Waals surface area contributed by atoms with Gasteiger partial charge >= 0.3 is 6.03 Å². The van der Waals surface area contributed by atoms with Crippen LogP contribution in [0.25, 0.3) is 0 Å². The standard InChI is InChI=1S/C11H11N3O6S/c15-10-2-1-6(14(17)18)3-8(10)13-9-5-21(19,20)4-7(9)12-11(13)16/h1-3,7,9,15H,4-5H2,(H,12,16)/t7-,9+/m0/s1. The fraction of sp³-hybridized carbons (Fsp3) is 0.364. The molecule has 10 heteroatoms. The smallest absolute Gasteiger partial charge is 0.322 e. The van der Waals surface area contributed by atoms with Crippen molar-refractivity contribution in [1.29, 1.82) is 0 Å². The lowest BCUT2D eigenvalue weighted by Crippen LogP contribution is -2.37. The Kier molecular flexibility index (Phi) is 2.80. The Morgan fingerprint density at radius 2 is 2.10 bits per heavy atom. The minimum atomic E-state index is -3.28. The summed E-state index contributed by atoms with van der Waals surface area (Å²) < 4.78 is 23.3. The normalized spacial score (nSPS) is 26.5. The lowest BCUT2D eigenvalue weighted by Gasteiger charge is -2.21. The maximum Gasteiger partial charge on any atom is 0.322 e. The number of hydrogen-bond donors (Lipinski definition) is 2. The van der Waals surface area contributed by atoms with E-state index in [-0.39, 0.29) is 28.6 Å². The molecule has 2 amide bonds. The quantitative estimate of drug-likeness (QED) is 0.449. The van der Waals surface area contributed by atoms with Crippen molar-refractivity contribution in [1.82, 2.24) is 5.32 Å². The maximum atomic E-state index is 12.0. The predicted octanol–water partition coefficient (Wildman–Crippen LogP) is -0.00440. The largest absolute Gasteiger partial charge is 0.506 e. The number of aromatic hydroxyl groups is 1. The van der Waals surface area contributed by atoms with E-state index in [0.717, 1.165) is 23.1 Å². The lowest BCUT2D eigenvalue weighted by molar-refractivity contribution is -0.384. The van der Waals surface area contributed by atoms with Crippen LogP contribution < -0.4 is 10.2 Å². The molecular formula is C11H11N3O6S. The molecule has 2 aliphatic heterocycles. The van der Waals surface area contributed by atoms with Crippen molar-refractivity contribution in [2.24, 2.45) is 0 Å². The molecule has 0 aliphatic carbocycles. The molecule has 9 nitrogen and oxygen atoms in total. The average Bonchev–Trinajstić information content (AvgIpc) is 2.80. The fourth-order valence-corrected chi connectivity index (χ4v) is 4.60. The Morgan fingerprint density at radius 3 is 2.76 bits per heavy atom. The van der Waals surface area contributed by atoms with Crippen molar-refractivity contribution >= 4 is 27.2 Å². The van der Waals surface area contributed by atoms with Gasteiger partial charge in [0.05, 0.1) is 34.2 Å². The van der Waals surface area contributed by atoms with E-state index < -0.39 is 32.9 Å². The summed E-state index contributed by atoms with van der Waals surface area (Å²) >= 11 is 0. The van der Waals surface area contributed by atoms with Crippen molar-refractivity contribution in [2.45, 2.75) is 12.1 Å². The third-order valence-electron chi connectivity index (χ3n) is 3.61. The van der Waals surface area contributed by atoms with E-state index in [0.29, 0.717) is 0 Å². The second kappa shape index (κ2) is 4.32. The first-order valence-corrected chi connectivity index (χ1v) is 7.88. The SMILES string of the molecule is O=C1N[C@H]2CS(=O)(=O)C[C@H]2N1c1cc([N+](=O)[O-])ccc1O. The minimum absolute atomic E-state index is 0.0636. The molecule has 0 radical (unpaired) electrons. The van der Waals surface area contributed by atoms with E-state index in [9.17, 15) is 28.4 Å². The van der Waals surface area contributed by atoms with Crippen LogP contribution in [-0.2, 0) is 9.84 Å². The number of phenols is 1. The zero-order chi connectivity index (χ0) is 15.4. The number of nitrogens with one attached hydrogen (secondary N) is 1. The molecular weight excluding hydrogens is 302 g/mol. The lowest BCUT2D eigenvalue weighted by atomic mass is 10.1. The molecule has 1 aromatic rings. The first-order chi connectivity index (χ1) is 9.78. The highest BCUT2D eigenvalue weighted by Gasteiger charge is 2.50. The molecule has 0 aromatic heterocycles. The monoisotopic (exact) mass is 313 g/mol. The van der Waals surface area contributed by atoms with E-state index in [2.05, 4.69) is 5.32 Å². The molecule has 0 saturated carbocycles. The van der Waals surface area contributed by atoms with E-state index in [1.807, 2.05) is 0 Å². The van der Waals surface area contributed by atoms with Crippen LogP contribution in [0.2, 0.25) is 0 Å². The second-order valence-corrected chi connectivity index (χ2v) is 7.15. The molecule has 2 aliphatic rings. The van der Waals surface area contributed by atoms with E-state index >= 15 is 0 Å². The van der Waals surface area contributed by atoms with Crippen molar-refractivity contribution in [3.8, 4) is 5.75 Å². The zero-order valence-electron chi connectivity index (χ0n) is 10.6. The molecule has 0 spiro atoms. The molecule has 2 atom stereocenters. The number of urea groups is 1. The number of nitro groups is 1. The molecule has 21 heavy (non-hydrogen) atoms. The molecule has 3 rings (SSSR count). The number of nitrogens with zero attached hydrogens (tertiary/aromatic N) is 2. The highest BCUT2D eigenvalue weighted by Crippen LogP contribution is 2.37. The van der Waals surface area contributed by atoms with Crippen LogP contribution in [-0.4, -0.2) is 48.1 Å². The van der Waals surface area contributed by atoms with Crippen LogP contribution in [0.15, 0.2) is 18.2 Å². The van der Waals surface area contributed by atoms with Crippen LogP contribution in [0.1, 0.15) is 0 Å². The van der Waals surface area contributed by atoms with Gasteiger partial charge < -0.3 is 10.4 Å². The van der Waals surface area contributed by atoms with Gasteiger partial charge in [0.2, 0.25) is 0 Å². The van der Waals surface area contributed by atoms with Crippen LogP contribution in [0.4, 0.5) is 16.2 Å². The van der Waals surface area contributed by atoms with Gasteiger partial charge in [-0.15, -0.1) is 0 Å². The van der Waals surface area contributed by atoms with E-state index in [1.54, 1.807) is 0 Å². The summed E-state index contributed by atoms with van der Waals surface area (Å²) in [5, 5.41) is 23.2. The number of non-ortho nitro benzene ring substituents is 1. The summed E-state index contributed by atoms with van der Waals surface area (Å²) in [5.41, 5.74) is -0.355. The number of amides is 2. The van der Waals surface area contributed by atoms with Gasteiger partial charge in [-0.25, -0.2) is 13.2 Å². The highest BCUT2D eigenvalue weighted by molar-refractivity contribution is 7.91. The first kappa shape index (κ1) is 13.6. The van der Waals surface area contributed by atoms with Crippen molar-refractivity contribution in [2.75, 3.05) is 16.4 Å². The zero-order valence-corrected chi connectivity index (χ0v) is 11.4. The van der Waals surface area contributed by atoms with Gasteiger partial charge in [0, 0.05) is 12.1 Å². The highest BCUT2D eigenvalue weighted by atomic mass is 32.2. The second-order valence-electron chi connectivity index (χ2n) is 5.00. The molecule has 2 saturated heterocycles. The van der Waals surface area contributed by atoms with Crippen LogP contribution >= 0.6 is 0 Å². The van der Waals surface area contributed by atoms with Gasteiger partial charge in [0.15, 0.2) is 9.84 Å². The van der Waals surface area contributed by atoms with Crippen molar-refractivity contribution in [3.05, 3.63) is 28.3 Å². The molecule has 2 N–H and O–H groups in total. The minimum Gasteiger partial charge on any atom is -0.506 e. The van der Waals surface area contributed by atoms with Crippen molar-refractivity contribution in [3.63, 3.8) is 0 Å². The van der Waals surface area contributed by atoms with Crippen LogP contribution in [0, 0.1) is 10.1 Å². The van der Waals surface area contributed by atoms with Gasteiger partial charge in [-0.2, -0.15) is 0 Å². The topological polar surface area (TPSA) is 130 Å². The number of anilines is 1. The molecule has 2 heterocycles. The number of sulfone groups is 1. The van der Waals surface area contributed by atoms with Gasteiger partial charge in [-0.3, -0.25) is 15.0 Å².